The standard InChI is InChI=1S/C22H17ClFNO3/c23-19-8-6-15(7-9-19)12-25-27-14-18-11-20(24)10-17-13-26-22(28-21(17)18)16-4-2-1-3-5-16/h1-12,22H,13-14H2/b25-12-/t22-/m1/s1. The molecule has 0 N–H and O–H groups in total. The third kappa shape index (κ3) is 4.32. The van der Waals surface area contributed by atoms with Crippen LogP contribution >= 0.6 is 11.6 Å². The van der Waals surface area contributed by atoms with E-state index >= 15 is 0 Å². The van der Waals surface area contributed by atoms with E-state index in [1.165, 1.54) is 12.1 Å². The monoisotopic (exact) mass is 397 g/mol. The largest absolute Gasteiger partial charge is 0.460 e. The highest BCUT2D eigenvalue weighted by atomic mass is 35.5. The van der Waals surface area contributed by atoms with Crippen LogP contribution in [0, 0.1) is 5.82 Å². The Morgan fingerprint density at radius 3 is 2.68 bits per heavy atom. The Bertz CT molecular complexity index is 977. The number of benzene rings is 3. The minimum atomic E-state index is -0.546. The average Bonchev–Trinajstić information content (AvgIpc) is 2.72. The lowest BCUT2D eigenvalue weighted by atomic mass is 10.1. The summed E-state index contributed by atoms with van der Waals surface area (Å²) in [7, 11) is 0. The van der Waals surface area contributed by atoms with Gasteiger partial charge in [0.25, 0.3) is 0 Å². The van der Waals surface area contributed by atoms with Gasteiger partial charge in [-0.15, -0.1) is 0 Å². The van der Waals surface area contributed by atoms with E-state index in [9.17, 15) is 4.39 Å². The number of halogens is 2. The molecule has 3 aromatic carbocycles. The van der Waals surface area contributed by atoms with Crippen LogP contribution in [-0.4, -0.2) is 6.21 Å². The van der Waals surface area contributed by atoms with E-state index in [4.69, 9.17) is 25.9 Å². The van der Waals surface area contributed by atoms with E-state index in [2.05, 4.69) is 5.16 Å². The summed E-state index contributed by atoms with van der Waals surface area (Å²) in [4.78, 5) is 5.36. The molecule has 0 spiro atoms. The van der Waals surface area contributed by atoms with E-state index in [0.717, 1.165) is 11.1 Å². The van der Waals surface area contributed by atoms with Gasteiger partial charge in [0, 0.05) is 21.7 Å². The van der Waals surface area contributed by atoms with Gasteiger partial charge in [0.1, 0.15) is 18.2 Å². The molecule has 1 aliphatic heterocycles. The van der Waals surface area contributed by atoms with Gasteiger partial charge >= 0.3 is 0 Å². The third-order valence-electron chi connectivity index (χ3n) is 4.26. The summed E-state index contributed by atoms with van der Waals surface area (Å²) in [5.74, 6) is 0.201. The Labute approximate surface area is 167 Å². The topological polar surface area (TPSA) is 40.0 Å². The molecular formula is C22H17ClFNO3. The molecule has 0 saturated carbocycles. The summed E-state index contributed by atoms with van der Waals surface area (Å²) in [6, 6.07) is 19.6. The van der Waals surface area contributed by atoms with E-state index in [1.807, 2.05) is 42.5 Å². The number of oxime groups is 1. The van der Waals surface area contributed by atoms with Crippen molar-refractivity contribution >= 4 is 17.8 Å². The van der Waals surface area contributed by atoms with E-state index < -0.39 is 6.29 Å². The molecule has 0 fully saturated rings. The van der Waals surface area contributed by atoms with Crippen molar-refractivity contribution in [2.24, 2.45) is 5.16 Å². The Kier molecular flexibility index (Phi) is 5.55. The van der Waals surface area contributed by atoms with Gasteiger partial charge < -0.3 is 14.3 Å². The van der Waals surface area contributed by atoms with Crippen LogP contribution in [0.15, 0.2) is 71.9 Å². The Hall–Kier alpha value is -2.89. The number of nitrogens with zero attached hydrogens (tertiary/aromatic N) is 1. The summed E-state index contributed by atoms with van der Waals surface area (Å²) in [5.41, 5.74) is 2.96. The van der Waals surface area contributed by atoms with Crippen LogP contribution in [0.4, 0.5) is 4.39 Å². The minimum absolute atomic E-state index is 0.0751. The molecule has 4 nitrogen and oxygen atoms in total. The highest BCUT2D eigenvalue weighted by molar-refractivity contribution is 6.30. The van der Waals surface area contributed by atoms with Crippen molar-refractivity contribution in [3.63, 3.8) is 0 Å². The molecule has 0 bridgehead atoms. The van der Waals surface area contributed by atoms with E-state index in [0.29, 0.717) is 21.9 Å². The van der Waals surface area contributed by atoms with Gasteiger partial charge in [0.15, 0.2) is 0 Å². The van der Waals surface area contributed by atoms with Crippen molar-refractivity contribution in [3.05, 3.63) is 99.8 Å². The fraction of sp³-hybridized carbons (Fsp3) is 0.136. The van der Waals surface area contributed by atoms with Crippen molar-refractivity contribution in [3.8, 4) is 5.75 Å². The molecule has 0 amide bonds. The maximum absolute atomic E-state index is 14.0. The van der Waals surface area contributed by atoms with Crippen LogP contribution in [0.3, 0.4) is 0 Å². The second-order valence-corrected chi connectivity index (χ2v) is 6.72. The number of ether oxygens (including phenoxy) is 2. The molecule has 3 aromatic rings. The molecule has 28 heavy (non-hydrogen) atoms. The SMILES string of the molecule is Fc1cc(CO/N=C\c2ccc(Cl)cc2)c2c(c1)CO[C@@H](c1ccccc1)O2. The fourth-order valence-electron chi connectivity index (χ4n) is 2.91. The Morgan fingerprint density at radius 2 is 1.89 bits per heavy atom. The molecule has 4 rings (SSSR count). The second-order valence-electron chi connectivity index (χ2n) is 6.28. The molecular weight excluding hydrogens is 381 g/mol. The van der Waals surface area contributed by atoms with Crippen molar-refractivity contribution < 1.29 is 18.7 Å². The smallest absolute Gasteiger partial charge is 0.227 e. The quantitative estimate of drug-likeness (QED) is 0.413. The average molecular weight is 398 g/mol. The van der Waals surface area contributed by atoms with Crippen LogP contribution in [-0.2, 0) is 22.8 Å². The Balaban J connectivity index is 1.48. The lowest BCUT2D eigenvalue weighted by molar-refractivity contribution is -0.112. The van der Waals surface area contributed by atoms with Crippen LogP contribution in [0.25, 0.3) is 0 Å². The molecule has 0 aliphatic carbocycles. The first kappa shape index (κ1) is 18.5. The van der Waals surface area contributed by atoms with Gasteiger partial charge in [-0.25, -0.2) is 4.39 Å². The molecule has 0 unspecified atom stereocenters. The summed E-state index contributed by atoms with van der Waals surface area (Å²) in [6.45, 7) is 0.333. The molecule has 6 heteroatoms. The van der Waals surface area contributed by atoms with Crippen molar-refractivity contribution in [1.29, 1.82) is 0 Å². The zero-order chi connectivity index (χ0) is 19.3. The highest BCUT2D eigenvalue weighted by Crippen LogP contribution is 2.36. The first-order valence-corrected chi connectivity index (χ1v) is 9.12. The van der Waals surface area contributed by atoms with Crippen molar-refractivity contribution in [2.75, 3.05) is 0 Å². The van der Waals surface area contributed by atoms with Gasteiger partial charge in [-0.2, -0.15) is 0 Å². The van der Waals surface area contributed by atoms with Crippen molar-refractivity contribution in [2.45, 2.75) is 19.5 Å². The van der Waals surface area contributed by atoms with Crippen LogP contribution in [0.1, 0.15) is 28.5 Å². The predicted molar refractivity (Wildman–Crippen MR) is 105 cm³/mol. The van der Waals surface area contributed by atoms with Gasteiger partial charge in [0.05, 0.1) is 12.8 Å². The van der Waals surface area contributed by atoms with Crippen LogP contribution < -0.4 is 4.74 Å². The number of fused-ring (bicyclic) bond motifs is 1. The fourth-order valence-corrected chi connectivity index (χ4v) is 3.04. The number of rotatable bonds is 5. The second kappa shape index (κ2) is 8.42. The molecule has 0 aromatic heterocycles. The zero-order valence-corrected chi connectivity index (χ0v) is 15.6. The minimum Gasteiger partial charge on any atom is -0.460 e. The highest BCUT2D eigenvalue weighted by Gasteiger charge is 2.25. The van der Waals surface area contributed by atoms with Crippen molar-refractivity contribution in [1.82, 2.24) is 0 Å². The van der Waals surface area contributed by atoms with Crippen LogP contribution in [0.2, 0.25) is 5.02 Å². The maximum atomic E-state index is 14.0. The number of hydrogen-bond acceptors (Lipinski definition) is 4. The summed E-state index contributed by atoms with van der Waals surface area (Å²) >= 11 is 5.86. The molecule has 0 saturated heterocycles. The third-order valence-corrected chi connectivity index (χ3v) is 4.51. The zero-order valence-electron chi connectivity index (χ0n) is 14.8. The first-order valence-electron chi connectivity index (χ1n) is 8.74. The Morgan fingerprint density at radius 1 is 1.11 bits per heavy atom. The summed E-state index contributed by atoms with van der Waals surface area (Å²) in [6.07, 6.45) is 1.02. The van der Waals surface area contributed by atoms with Gasteiger partial charge in [-0.1, -0.05) is 59.2 Å². The van der Waals surface area contributed by atoms with Gasteiger partial charge in [-0.05, 0) is 29.8 Å². The number of hydrogen-bond donors (Lipinski definition) is 0. The normalized spacial score (nSPS) is 15.9. The van der Waals surface area contributed by atoms with E-state index in [-0.39, 0.29) is 19.0 Å². The molecule has 0 radical (unpaired) electrons. The first-order chi connectivity index (χ1) is 13.7. The van der Waals surface area contributed by atoms with Gasteiger partial charge in [0.2, 0.25) is 6.29 Å². The van der Waals surface area contributed by atoms with Crippen LogP contribution in [0.5, 0.6) is 5.75 Å². The molecule has 1 atom stereocenters. The molecule has 1 aliphatic rings. The summed E-state index contributed by atoms with van der Waals surface area (Å²) in [5, 5.41) is 4.59. The molecule has 142 valence electrons. The lowest BCUT2D eigenvalue weighted by Crippen LogP contribution is -2.19. The lowest BCUT2D eigenvalue weighted by Gasteiger charge is -2.28. The van der Waals surface area contributed by atoms with Gasteiger partial charge in [-0.3, -0.25) is 0 Å². The molecule has 1 heterocycles. The predicted octanol–water partition coefficient (Wildman–Crippen LogP) is 5.64. The maximum Gasteiger partial charge on any atom is 0.227 e. The van der Waals surface area contributed by atoms with E-state index in [1.54, 1.807) is 18.3 Å². The summed E-state index contributed by atoms with van der Waals surface area (Å²) < 4.78 is 25.7.